The maximum atomic E-state index is 10.8. The number of benzene rings is 1. The Morgan fingerprint density at radius 2 is 1.94 bits per heavy atom. The van der Waals surface area contributed by atoms with Crippen molar-refractivity contribution in [1.82, 2.24) is 5.32 Å². The van der Waals surface area contributed by atoms with E-state index in [1.807, 2.05) is 0 Å². The van der Waals surface area contributed by atoms with Crippen molar-refractivity contribution in [3.05, 3.63) is 29.8 Å². The lowest BCUT2D eigenvalue weighted by Crippen LogP contribution is -2.37. The van der Waals surface area contributed by atoms with E-state index in [1.165, 1.54) is 12.1 Å². The predicted molar refractivity (Wildman–Crippen MR) is 60.6 cm³/mol. The van der Waals surface area contributed by atoms with Gasteiger partial charge in [0.25, 0.3) is 0 Å². The van der Waals surface area contributed by atoms with Gasteiger partial charge >= 0.3 is 13.1 Å². The van der Waals surface area contributed by atoms with E-state index in [9.17, 15) is 9.59 Å². The maximum Gasteiger partial charge on any atom is 0.488 e. The molecule has 0 saturated heterocycles. The van der Waals surface area contributed by atoms with Crippen LogP contribution in [-0.4, -0.2) is 40.7 Å². The summed E-state index contributed by atoms with van der Waals surface area (Å²) in [5.74, 6) is -1.12. The summed E-state index contributed by atoms with van der Waals surface area (Å²) in [4.78, 5) is 21.0. The molecule has 0 aliphatic heterocycles. The zero-order valence-corrected chi connectivity index (χ0v) is 8.91. The Morgan fingerprint density at radius 3 is 2.35 bits per heavy atom. The van der Waals surface area contributed by atoms with Crippen LogP contribution in [0.25, 0.3) is 0 Å². The standard InChI is InChI=1S/C10H12BNO5/c13-6-12-9(10(14)15)5-7-1-3-8(4-2-7)11(16)17/h1-4,6,9,16-17H,5H2,(H,12,13)(H,14,15). The predicted octanol–water partition coefficient (Wildman–Crippen LogP) is -1.89. The Morgan fingerprint density at radius 1 is 1.35 bits per heavy atom. The highest BCUT2D eigenvalue weighted by atomic mass is 16.4. The van der Waals surface area contributed by atoms with E-state index in [2.05, 4.69) is 5.32 Å². The van der Waals surface area contributed by atoms with Crippen molar-refractivity contribution in [3.63, 3.8) is 0 Å². The molecule has 1 aromatic rings. The minimum atomic E-state index is -1.55. The van der Waals surface area contributed by atoms with Crippen LogP contribution in [0.2, 0.25) is 0 Å². The first kappa shape index (κ1) is 13.2. The van der Waals surface area contributed by atoms with Crippen LogP contribution in [0.3, 0.4) is 0 Å². The topological polar surface area (TPSA) is 107 Å². The van der Waals surface area contributed by atoms with Gasteiger partial charge in [0.15, 0.2) is 0 Å². The fourth-order valence-electron chi connectivity index (χ4n) is 1.36. The van der Waals surface area contributed by atoms with Crippen molar-refractivity contribution in [2.75, 3.05) is 0 Å². The lowest BCUT2D eigenvalue weighted by molar-refractivity contribution is -0.140. The van der Waals surface area contributed by atoms with E-state index >= 15 is 0 Å². The fraction of sp³-hybridized carbons (Fsp3) is 0.200. The van der Waals surface area contributed by atoms with Crippen molar-refractivity contribution >= 4 is 25.0 Å². The van der Waals surface area contributed by atoms with E-state index in [4.69, 9.17) is 15.2 Å². The molecule has 0 aliphatic rings. The fourth-order valence-corrected chi connectivity index (χ4v) is 1.36. The van der Waals surface area contributed by atoms with Crippen LogP contribution >= 0.6 is 0 Å². The molecule has 4 N–H and O–H groups in total. The summed E-state index contributed by atoms with van der Waals surface area (Å²) >= 11 is 0. The lowest BCUT2D eigenvalue weighted by Gasteiger charge is -2.11. The number of nitrogens with one attached hydrogen (secondary N) is 1. The second-order valence-electron chi connectivity index (χ2n) is 3.49. The molecule has 1 aromatic carbocycles. The molecule has 0 bridgehead atoms. The largest absolute Gasteiger partial charge is 0.488 e. The van der Waals surface area contributed by atoms with Gasteiger partial charge in [0.1, 0.15) is 6.04 Å². The van der Waals surface area contributed by atoms with Gasteiger partial charge < -0.3 is 20.5 Å². The summed E-state index contributed by atoms with van der Waals surface area (Å²) in [7, 11) is -1.55. The summed E-state index contributed by atoms with van der Waals surface area (Å²) in [6, 6.07) is 5.14. The van der Waals surface area contributed by atoms with Gasteiger partial charge in [-0.15, -0.1) is 0 Å². The number of carbonyl (C=O) groups is 2. The molecule has 0 fully saturated rings. The van der Waals surface area contributed by atoms with Gasteiger partial charge in [-0.1, -0.05) is 24.3 Å². The van der Waals surface area contributed by atoms with Crippen molar-refractivity contribution in [1.29, 1.82) is 0 Å². The minimum Gasteiger partial charge on any atom is -0.480 e. The Hall–Kier alpha value is -1.86. The maximum absolute atomic E-state index is 10.8. The zero-order chi connectivity index (χ0) is 12.8. The second-order valence-corrected chi connectivity index (χ2v) is 3.49. The van der Waals surface area contributed by atoms with Crippen LogP contribution < -0.4 is 10.8 Å². The Labute approximate surface area is 98.0 Å². The Bertz CT molecular complexity index is 392. The van der Waals surface area contributed by atoms with Crippen LogP contribution in [0.15, 0.2) is 24.3 Å². The van der Waals surface area contributed by atoms with Gasteiger partial charge in [-0.05, 0) is 11.0 Å². The molecule has 1 unspecified atom stereocenters. The molecule has 0 aliphatic carbocycles. The van der Waals surface area contributed by atoms with E-state index in [1.54, 1.807) is 12.1 Å². The second kappa shape index (κ2) is 6.02. The van der Waals surface area contributed by atoms with E-state index in [0.29, 0.717) is 17.4 Å². The first-order chi connectivity index (χ1) is 8.04. The number of rotatable bonds is 6. The van der Waals surface area contributed by atoms with Gasteiger partial charge in [-0.25, -0.2) is 4.79 Å². The normalized spacial score (nSPS) is 11.6. The summed E-state index contributed by atoms with van der Waals surface area (Å²) in [6.07, 6.45) is 0.473. The zero-order valence-electron chi connectivity index (χ0n) is 8.91. The molecule has 0 saturated carbocycles. The van der Waals surface area contributed by atoms with Gasteiger partial charge in [-0.3, -0.25) is 4.79 Å². The molecule has 1 atom stereocenters. The van der Waals surface area contributed by atoms with Crippen LogP contribution in [0.5, 0.6) is 0 Å². The molecule has 6 nitrogen and oxygen atoms in total. The minimum absolute atomic E-state index is 0.135. The van der Waals surface area contributed by atoms with Gasteiger partial charge in [0.2, 0.25) is 6.41 Å². The van der Waals surface area contributed by atoms with E-state index in [-0.39, 0.29) is 6.42 Å². The molecule has 1 rings (SSSR count). The van der Waals surface area contributed by atoms with Gasteiger partial charge in [0.05, 0.1) is 0 Å². The smallest absolute Gasteiger partial charge is 0.480 e. The lowest BCUT2D eigenvalue weighted by atomic mass is 9.80. The van der Waals surface area contributed by atoms with Crippen molar-refractivity contribution in [3.8, 4) is 0 Å². The third kappa shape index (κ3) is 3.89. The molecule has 0 aromatic heterocycles. The van der Waals surface area contributed by atoms with E-state index < -0.39 is 19.1 Å². The average molecular weight is 237 g/mol. The monoisotopic (exact) mass is 237 g/mol. The molecule has 0 heterocycles. The molecule has 90 valence electrons. The number of carbonyl (C=O) groups excluding carboxylic acids is 1. The van der Waals surface area contributed by atoms with Crippen molar-refractivity contribution in [2.24, 2.45) is 0 Å². The molecule has 0 radical (unpaired) electrons. The first-order valence-electron chi connectivity index (χ1n) is 4.92. The molecular formula is C10H12BNO5. The number of hydrogen-bond acceptors (Lipinski definition) is 4. The summed E-state index contributed by atoms with van der Waals surface area (Å²) in [6.45, 7) is 0. The average Bonchev–Trinajstić information content (AvgIpc) is 2.29. The summed E-state index contributed by atoms with van der Waals surface area (Å²) in [5.41, 5.74) is 1.00. The SMILES string of the molecule is O=CNC(Cc1ccc(B(O)O)cc1)C(=O)O. The number of amides is 1. The summed E-state index contributed by atoms with van der Waals surface area (Å²) in [5, 5.41) is 28.7. The quantitative estimate of drug-likeness (QED) is 0.342. The third-order valence-electron chi connectivity index (χ3n) is 2.29. The molecular weight excluding hydrogens is 225 g/mol. The highest BCUT2D eigenvalue weighted by molar-refractivity contribution is 6.58. The van der Waals surface area contributed by atoms with Crippen molar-refractivity contribution in [2.45, 2.75) is 12.5 Å². The summed E-state index contributed by atoms with van der Waals surface area (Å²) < 4.78 is 0. The van der Waals surface area contributed by atoms with E-state index in [0.717, 1.165) is 0 Å². The molecule has 7 heteroatoms. The van der Waals surface area contributed by atoms with Crippen LogP contribution in [0, 0.1) is 0 Å². The number of carboxylic acid groups (broad SMARTS) is 1. The number of carboxylic acids is 1. The molecule has 1 amide bonds. The number of aliphatic carboxylic acids is 1. The Balaban J connectivity index is 2.73. The van der Waals surface area contributed by atoms with Gasteiger partial charge in [0, 0.05) is 6.42 Å². The highest BCUT2D eigenvalue weighted by Crippen LogP contribution is 2.02. The highest BCUT2D eigenvalue weighted by Gasteiger charge is 2.17. The Kier molecular flexibility index (Phi) is 4.68. The van der Waals surface area contributed by atoms with Crippen LogP contribution in [0.4, 0.5) is 0 Å². The van der Waals surface area contributed by atoms with Crippen LogP contribution in [0.1, 0.15) is 5.56 Å². The first-order valence-corrected chi connectivity index (χ1v) is 4.92. The van der Waals surface area contributed by atoms with Gasteiger partial charge in [-0.2, -0.15) is 0 Å². The molecule has 17 heavy (non-hydrogen) atoms. The van der Waals surface area contributed by atoms with Crippen LogP contribution in [-0.2, 0) is 16.0 Å². The van der Waals surface area contributed by atoms with Crippen molar-refractivity contribution < 1.29 is 24.7 Å². The third-order valence-corrected chi connectivity index (χ3v) is 2.29. The number of hydrogen-bond donors (Lipinski definition) is 4. The molecule has 0 spiro atoms.